The second-order valence-electron chi connectivity index (χ2n) is 5.95. The highest BCUT2D eigenvalue weighted by Crippen LogP contribution is 2.44. The summed E-state index contributed by atoms with van der Waals surface area (Å²) in [7, 11) is 1.47. The van der Waals surface area contributed by atoms with Crippen molar-refractivity contribution in [2.24, 2.45) is 4.99 Å². The number of halogens is 2. The van der Waals surface area contributed by atoms with Crippen LogP contribution in [-0.2, 0) is 14.3 Å². The molecule has 2 aliphatic rings. The summed E-state index contributed by atoms with van der Waals surface area (Å²) >= 11 is 0. The Morgan fingerprint density at radius 2 is 2.11 bits per heavy atom. The maximum Gasteiger partial charge on any atom is 0.387 e. The van der Waals surface area contributed by atoms with Crippen molar-refractivity contribution in [3.63, 3.8) is 0 Å². The van der Waals surface area contributed by atoms with Crippen molar-refractivity contribution in [1.29, 1.82) is 0 Å². The first kappa shape index (κ1) is 18.9. The van der Waals surface area contributed by atoms with Crippen molar-refractivity contribution in [2.45, 2.75) is 26.4 Å². The molecule has 1 aromatic carbocycles. The normalized spacial score (nSPS) is 18.9. The van der Waals surface area contributed by atoms with Gasteiger partial charge in [0.2, 0.25) is 5.90 Å². The topological polar surface area (TPSA) is 69.2 Å². The van der Waals surface area contributed by atoms with Crippen LogP contribution in [0.1, 0.15) is 25.3 Å². The molecule has 3 rings (SSSR count). The van der Waals surface area contributed by atoms with Crippen molar-refractivity contribution in [3.05, 3.63) is 52.4 Å². The number of hydrogen-bond acceptors (Lipinski definition) is 6. The number of methoxy groups -OCH3 is 1. The number of carbonyl (C=O) groups is 1. The van der Waals surface area contributed by atoms with Gasteiger partial charge < -0.3 is 19.5 Å². The first-order chi connectivity index (χ1) is 13.0. The summed E-state index contributed by atoms with van der Waals surface area (Å²) in [5.41, 5.74) is 2.69. The Labute approximate surface area is 155 Å². The monoisotopic (exact) mass is 378 g/mol. The van der Waals surface area contributed by atoms with Gasteiger partial charge in [-0.3, -0.25) is 0 Å². The molecular weight excluding hydrogens is 358 g/mol. The SMILES string of the molecule is CCOC(=O)C1=C(C)NC2=C(C(OC)=NC2)C1c1ccccc1OC(F)F. The molecule has 2 heterocycles. The maximum atomic E-state index is 12.9. The molecule has 1 atom stereocenters. The minimum atomic E-state index is -2.99. The summed E-state index contributed by atoms with van der Waals surface area (Å²) in [4.78, 5) is 17.0. The minimum Gasteiger partial charge on any atom is -0.481 e. The van der Waals surface area contributed by atoms with Crippen molar-refractivity contribution >= 4 is 11.9 Å². The zero-order valence-electron chi connectivity index (χ0n) is 15.2. The number of dihydropyridines is 1. The average molecular weight is 378 g/mol. The highest BCUT2D eigenvalue weighted by atomic mass is 19.3. The van der Waals surface area contributed by atoms with E-state index in [0.29, 0.717) is 34.8 Å². The van der Waals surface area contributed by atoms with Gasteiger partial charge in [0.25, 0.3) is 0 Å². The smallest absolute Gasteiger partial charge is 0.387 e. The first-order valence-electron chi connectivity index (χ1n) is 8.48. The highest BCUT2D eigenvalue weighted by Gasteiger charge is 2.41. The number of esters is 1. The third-order valence-electron chi connectivity index (χ3n) is 4.39. The number of aliphatic imine (C=N–C) groups is 1. The van der Waals surface area contributed by atoms with E-state index in [2.05, 4.69) is 10.3 Å². The number of hydrogen-bond donors (Lipinski definition) is 1. The number of nitrogens with zero attached hydrogens (tertiary/aromatic N) is 1. The lowest BCUT2D eigenvalue weighted by atomic mass is 9.80. The second kappa shape index (κ2) is 7.77. The van der Waals surface area contributed by atoms with Gasteiger partial charge in [-0.05, 0) is 19.9 Å². The number of ether oxygens (including phenoxy) is 3. The number of para-hydroxylation sites is 1. The van der Waals surface area contributed by atoms with E-state index in [-0.39, 0.29) is 12.4 Å². The molecule has 0 aromatic heterocycles. The van der Waals surface area contributed by atoms with Gasteiger partial charge in [-0.15, -0.1) is 0 Å². The Kier molecular flexibility index (Phi) is 5.43. The summed E-state index contributed by atoms with van der Waals surface area (Å²) in [5.74, 6) is -0.892. The molecule has 0 aliphatic carbocycles. The molecule has 0 saturated heterocycles. The molecule has 0 amide bonds. The quantitative estimate of drug-likeness (QED) is 0.798. The van der Waals surface area contributed by atoms with Crippen LogP contribution in [0, 0.1) is 0 Å². The van der Waals surface area contributed by atoms with Crippen molar-refractivity contribution in [3.8, 4) is 5.75 Å². The Hall–Kier alpha value is -2.90. The molecule has 0 fully saturated rings. The van der Waals surface area contributed by atoms with Gasteiger partial charge in [0.15, 0.2) is 0 Å². The summed E-state index contributed by atoms with van der Waals surface area (Å²) in [5, 5.41) is 3.17. The third kappa shape index (κ3) is 3.51. The Morgan fingerprint density at radius 1 is 1.37 bits per heavy atom. The molecule has 0 radical (unpaired) electrons. The van der Waals surface area contributed by atoms with E-state index >= 15 is 0 Å². The van der Waals surface area contributed by atoms with E-state index in [0.717, 1.165) is 5.70 Å². The minimum absolute atomic E-state index is 0.0109. The van der Waals surface area contributed by atoms with Crippen LogP contribution in [0.5, 0.6) is 5.75 Å². The summed E-state index contributed by atoms with van der Waals surface area (Å²) in [6.07, 6.45) is 0. The molecule has 2 aliphatic heterocycles. The van der Waals surface area contributed by atoms with Crippen LogP contribution in [-0.4, -0.2) is 38.7 Å². The number of benzene rings is 1. The van der Waals surface area contributed by atoms with Crippen LogP contribution in [0.15, 0.2) is 51.8 Å². The number of alkyl halides is 2. The molecule has 0 spiro atoms. The van der Waals surface area contributed by atoms with Crippen molar-refractivity contribution in [1.82, 2.24) is 5.32 Å². The van der Waals surface area contributed by atoms with Crippen LogP contribution < -0.4 is 10.1 Å². The molecule has 8 heteroatoms. The summed E-state index contributed by atoms with van der Waals surface area (Å²) in [6.45, 7) is 0.991. The van der Waals surface area contributed by atoms with Crippen LogP contribution in [0.25, 0.3) is 0 Å². The first-order valence-corrected chi connectivity index (χ1v) is 8.48. The van der Waals surface area contributed by atoms with Gasteiger partial charge in [0.1, 0.15) is 5.75 Å². The van der Waals surface area contributed by atoms with E-state index in [1.54, 1.807) is 32.0 Å². The zero-order chi connectivity index (χ0) is 19.6. The van der Waals surface area contributed by atoms with Crippen LogP contribution in [0.2, 0.25) is 0 Å². The molecule has 0 saturated carbocycles. The molecular formula is C19H20F2N2O4. The van der Waals surface area contributed by atoms with Crippen LogP contribution in [0.3, 0.4) is 0 Å². The Balaban J connectivity index is 2.18. The van der Waals surface area contributed by atoms with Crippen molar-refractivity contribution in [2.75, 3.05) is 20.3 Å². The lowest BCUT2D eigenvalue weighted by molar-refractivity contribution is -0.138. The summed E-state index contributed by atoms with van der Waals surface area (Å²) in [6, 6.07) is 6.39. The van der Waals surface area contributed by atoms with E-state index < -0.39 is 18.5 Å². The molecule has 27 heavy (non-hydrogen) atoms. The molecule has 0 bridgehead atoms. The number of allylic oxidation sites excluding steroid dienone is 1. The second-order valence-corrected chi connectivity index (χ2v) is 5.95. The van der Waals surface area contributed by atoms with E-state index in [9.17, 15) is 13.6 Å². The van der Waals surface area contributed by atoms with E-state index in [1.807, 2.05) is 0 Å². The highest BCUT2D eigenvalue weighted by molar-refractivity contribution is 6.03. The lowest BCUT2D eigenvalue weighted by Crippen LogP contribution is -2.31. The van der Waals surface area contributed by atoms with Crippen molar-refractivity contribution < 1.29 is 27.8 Å². The predicted octanol–water partition coefficient (Wildman–Crippen LogP) is 3.12. The fraction of sp³-hybridized carbons (Fsp3) is 0.368. The number of carbonyl (C=O) groups excluding carboxylic acids is 1. The zero-order valence-corrected chi connectivity index (χ0v) is 15.2. The fourth-order valence-electron chi connectivity index (χ4n) is 3.40. The summed E-state index contributed by atoms with van der Waals surface area (Å²) < 4.78 is 41.2. The molecule has 1 aromatic rings. The van der Waals surface area contributed by atoms with Gasteiger partial charge in [0.05, 0.1) is 31.8 Å². The molecule has 144 valence electrons. The molecule has 1 N–H and O–H groups in total. The Morgan fingerprint density at radius 3 is 2.78 bits per heavy atom. The maximum absolute atomic E-state index is 12.9. The van der Waals surface area contributed by atoms with E-state index in [4.69, 9.17) is 14.2 Å². The van der Waals surface area contributed by atoms with Gasteiger partial charge in [0, 0.05) is 22.5 Å². The molecule has 1 unspecified atom stereocenters. The van der Waals surface area contributed by atoms with Crippen LogP contribution in [0.4, 0.5) is 8.78 Å². The Bertz CT molecular complexity index is 846. The van der Waals surface area contributed by atoms with Crippen LogP contribution >= 0.6 is 0 Å². The fourth-order valence-corrected chi connectivity index (χ4v) is 3.40. The predicted molar refractivity (Wildman–Crippen MR) is 94.6 cm³/mol. The molecule has 6 nitrogen and oxygen atoms in total. The van der Waals surface area contributed by atoms with E-state index in [1.165, 1.54) is 13.2 Å². The number of nitrogens with one attached hydrogen (secondary N) is 1. The third-order valence-corrected chi connectivity index (χ3v) is 4.39. The van der Waals surface area contributed by atoms with Gasteiger partial charge in [-0.1, -0.05) is 18.2 Å². The average Bonchev–Trinajstić information content (AvgIpc) is 3.03. The number of rotatable bonds is 5. The standard InChI is InChI=1S/C19H20F2N2O4/c1-4-26-18(24)14-10(2)23-12-9-22-17(25-3)16(12)15(14)11-7-5-6-8-13(11)27-19(20)21/h5-8,15,19,23H,4,9H2,1-3H3. The lowest BCUT2D eigenvalue weighted by Gasteiger charge is -2.30. The van der Waals surface area contributed by atoms with Gasteiger partial charge in [-0.25, -0.2) is 9.79 Å². The largest absolute Gasteiger partial charge is 0.481 e. The van der Waals surface area contributed by atoms with Gasteiger partial charge >= 0.3 is 12.6 Å². The van der Waals surface area contributed by atoms with Gasteiger partial charge in [-0.2, -0.15) is 8.78 Å².